The molecule has 0 spiro atoms. The van der Waals surface area contributed by atoms with Gasteiger partial charge < -0.3 is 15.4 Å². The summed E-state index contributed by atoms with van der Waals surface area (Å²) in [5.41, 5.74) is 0.376. The van der Waals surface area contributed by atoms with Gasteiger partial charge in [-0.3, -0.25) is 4.98 Å². The number of ether oxygens (including phenoxy) is 1. The maximum absolute atomic E-state index is 11.8. The van der Waals surface area contributed by atoms with Crippen LogP contribution in [0.25, 0.3) is 0 Å². The van der Waals surface area contributed by atoms with Crippen LogP contribution in [0.2, 0.25) is 5.02 Å². The number of aromatic nitrogens is 1. The van der Waals surface area contributed by atoms with Crippen molar-refractivity contribution in [2.24, 2.45) is 5.92 Å². The quantitative estimate of drug-likeness (QED) is 0.861. The van der Waals surface area contributed by atoms with E-state index in [1.54, 1.807) is 18.5 Å². The number of nitrogens with one attached hydrogen (secondary N) is 2. The van der Waals surface area contributed by atoms with Crippen LogP contribution in [-0.4, -0.2) is 29.3 Å². The highest BCUT2D eigenvalue weighted by atomic mass is 35.5. The molecule has 1 aromatic heterocycles. The zero-order valence-electron chi connectivity index (χ0n) is 14.1. The van der Waals surface area contributed by atoms with Crippen LogP contribution >= 0.6 is 11.6 Å². The van der Waals surface area contributed by atoms with E-state index in [1.807, 2.05) is 20.8 Å². The Morgan fingerprint density at radius 2 is 2.13 bits per heavy atom. The van der Waals surface area contributed by atoms with Crippen LogP contribution in [0.5, 0.6) is 0 Å². The van der Waals surface area contributed by atoms with E-state index in [4.69, 9.17) is 16.3 Å². The molecule has 6 heteroatoms. The summed E-state index contributed by atoms with van der Waals surface area (Å²) in [7, 11) is 0. The van der Waals surface area contributed by atoms with Crippen LogP contribution in [0.4, 0.5) is 10.5 Å². The van der Waals surface area contributed by atoms with E-state index in [9.17, 15) is 4.79 Å². The number of nitrogens with zero attached hydrogens (tertiary/aromatic N) is 1. The fourth-order valence-corrected chi connectivity index (χ4v) is 3.01. The molecular weight excluding hydrogens is 314 g/mol. The number of hydrogen-bond acceptors (Lipinski definition) is 4. The topological polar surface area (TPSA) is 63.2 Å². The second-order valence-electron chi connectivity index (χ2n) is 7.03. The Hall–Kier alpha value is -1.49. The number of halogens is 1. The van der Waals surface area contributed by atoms with Gasteiger partial charge in [0.15, 0.2) is 0 Å². The predicted molar refractivity (Wildman–Crippen MR) is 92.9 cm³/mol. The van der Waals surface area contributed by atoms with E-state index >= 15 is 0 Å². The minimum absolute atomic E-state index is 0.278. The average molecular weight is 340 g/mol. The SMILES string of the molecule is CC(C)(C)OC(=O)NCC1CCCCC1Nc1cnccc1Cl. The standard InChI is InChI=1S/C17H26ClN3O2/c1-17(2,3)23-16(22)20-10-12-6-4-5-7-14(12)21-15-11-19-9-8-13(15)18/h8-9,11-12,14,21H,4-7,10H2,1-3H3,(H,20,22). The second kappa shape index (κ2) is 7.86. The summed E-state index contributed by atoms with van der Waals surface area (Å²) >= 11 is 6.20. The third kappa shape index (κ3) is 5.90. The molecule has 0 bridgehead atoms. The van der Waals surface area contributed by atoms with Gasteiger partial charge in [-0.15, -0.1) is 0 Å². The summed E-state index contributed by atoms with van der Waals surface area (Å²) in [6.45, 7) is 6.19. The van der Waals surface area contributed by atoms with Crippen LogP contribution < -0.4 is 10.6 Å². The van der Waals surface area contributed by atoms with Crippen molar-refractivity contribution in [3.05, 3.63) is 23.5 Å². The summed E-state index contributed by atoms with van der Waals surface area (Å²) < 4.78 is 5.30. The van der Waals surface area contributed by atoms with Crippen LogP contribution in [0.1, 0.15) is 46.5 Å². The van der Waals surface area contributed by atoms with Gasteiger partial charge in [-0.1, -0.05) is 24.4 Å². The van der Waals surface area contributed by atoms with Gasteiger partial charge in [-0.25, -0.2) is 4.79 Å². The van der Waals surface area contributed by atoms with Crippen LogP contribution in [0.3, 0.4) is 0 Å². The van der Waals surface area contributed by atoms with Gasteiger partial charge in [0.1, 0.15) is 5.60 Å². The van der Waals surface area contributed by atoms with E-state index in [0.29, 0.717) is 17.5 Å². The first-order valence-electron chi connectivity index (χ1n) is 8.18. The van der Waals surface area contributed by atoms with E-state index in [0.717, 1.165) is 18.5 Å². The molecule has 5 nitrogen and oxygen atoms in total. The van der Waals surface area contributed by atoms with Crippen LogP contribution in [-0.2, 0) is 4.74 Å². The zero-order valence-corrected chi connectivity index (χ0v) is 14.8. The Morgan fingerprint density at radius 3 is 2.83 bits per heavy atom. The third-order valence-corrected chi connectivity index (χ3v) is 4.25. The van der Waals surface area contributed by atoms with Gasteiger partial charge in [0, 0.05) is 18.8 Å². The van der Waals surface area contributed by atoms with Gasteiger partial charge in [0.2, 0.25) is 0 Å². The molecule has 23 heavy (non-hydrogen) atoms. The Kier molecular flexibility index (Phi) is 6.10. The highest BCUT2D eigenvalue weighted by molar-refractivity contribution is 6.33. The minimum Gasteiger partial charge on any atom is -0.444 e. The van der Waals surface area contributed by atoms with E-state index in [-0.39, 0.29) is 12.1 Å². The van der Waals surface area contributed by atoms with Crippen molar-refractivity contribution in [2.75, 3.05) is 11.9 Å². The molecule has 1 fully saturated rings. The summed E-state index contributed by atoms with van der Waals surface area (Å²) in [5.74, 6) is 0.354. The van der Waals surface area contributed by atoms with Crippen molar-refractivity contribution in [1.82, 2.24) is 10.3 Å². The lowest BCUT2D eigenvalue weighted by molar-refractivity contribution is 0.0514. The first kappa shape index (κ1) is 17.9. The Bertz CT molecular complexity index is 531. The molecular formula is C17H26ClN3O2. The number of anilines is 1. The maximum atomic E-state index is 11.8. The Morgan fingerprint density at radius 1 is 1.39 bits per heavy atom. The molecule has 0 aromatic carbocycles. The zero-order chi connectivity index (χ0) is 16.9. The first-order valence-corrected chi connectivity index (χ1v) is 8.56. The monoisotopic (exact) mass is 339 g/mol. The van der Waals surface area contributed by atoms with Crippen molar-refractivity contribution in [3.63, 3.8) is 0 Å². The molecule has 1 aliphatic rings. The Balaban J connectivity index is 1.91. The lowest BCUT2D eigenvalue weighted by Gasteiger charge is -2.33. The minimum atomic E-state index is -0.475. The molecule has 1 heterocycles. The van der Waals surface area contributed by atoms with Gasteiger partial charge in [-0.05, 0) is 45.6 Å². The summed E-state index contributed by atoms with van der Waals surface area (Å²) in [6.07, 6.45) is 7.56. The van der Waals surface area contributed by atoms with E-state index in [2.05, 4.69) is 15.6 Å². The molecule has 0 radical (unpaired) electrons. The molecule has 128 valence electrons. The lowest BCUT2D eigenvalue weighted by Crippen LogP contribution is -2.42. The third-order valence-electron chi connectivity index (χ3n) is 3.93. The molecule has 2 unspecified atom stereocenters. The number of hydrogen-bond donors (Lipinski definition) is 2. The van der Waals surface area contributed by atoms with Crippen LogP contribution in [0, 0.1) is 5.92 Å². The molecule has 0 aliphatic heterocycles. The molecule has 1 aromatic rings. The van der Waals surface area contributed by atoms with Crippen molar-refractivity contribution in [2.45, 2.75) is 58.1 Å². The summed E-state index contributed by atoms with van der Waals surface area (Å²) in [4.78, 5) is 15.9. The van der Waals surface area contributed by atoms with Crippen molar-refractivity contribution < 1.29 is 9.53 Å². The molecule has 1 aliphatic carbocycles. The number of carbonyl (C=O) groups excluding carboxylic acids is 1. The van der Waals surface area contributed by atoms with Crippen molar-refractivity contribution in [3.8, 4) is 0 Å². The molecule has 2 atom stereocenters. The predicted octanol–water partition coefficient (Wildman–Crippen LogP) is 4.23. The average Bonchev–Trinajstić information content (AvgIpc) is 2.47. The summed E-state index contributed by atoms with van der Waals surface area (Å²) in [6, 6.07) is 2.06. The first-order chi connectivity index (χ1) is 10.8. The van der Waals surface area contributed by atoms with Gasteiger partial charge in [-0.2, -0.15) is 0 Å². The maximum Gasteiger partial charge on any atom is 0.407 e. The van der Waals surface area contributed by atoms with Crippen molar-refractivity contribution >= 4 is 23.4 Å². The number of alkyl carbamates (subject to hydrolysis) is 1. The fourth-order valence-electron chi connectivity index (χ4n) is 2.85. The molecule has 0 saturated heterocycles. The summed E-state index contributed by atoms with van der Waals surface area (Å²) in [5, 5.41) is 7.04. The van der Waals surface area contributed by atoms with E-state index < -0.39 is 5.60 Å². The molecule has 2 N–H and O–H groups in total. The molecule has 1 amide bonds. The van der Waals surface area contributed by atoms with Gasteiger partial charge >= 0.3 is 6.09 Å². The van der Waals surface area contributed by atoms with Gasteiger partial charge in [0.05, 0.1) is 16.9 Å². The smallest absolute Gasteiger partial charge is 0.407 e. The Labute approximate surface area is 143 Å². The second-order valence-corrected chi connectivity index (χ2v) is 7.44. The highest BCUT2D eigenvalue weighted by Gasteiger charge is 2.26. The molecule has 1 saturated carbocycles. The largest absolute Gasteiger partial charge is 0.444 e. The van der Waals surface area contributed by atoms with Crippen molar-refractivity contribution in [1.29, 1.82) is 0 Å². The van der Waals surface area contributed by atoms with E-state index in [1.165, 1.54) is 12.8 Å². The number of pyridine rings is 1. The number of rotatable bonds is 4. The number of carbonyl (C=O) groups is 1. The van der Waals surface area contributed by atoms with Gasteiger partial charge in [0.25, 0.3) is 0 Å². The highest BCUT2D eigenvalue weighted by Crippen LogP contribution is 2.29. The van der Waals surface area contributed by atoms with Crippen LogP contribution in [0.15, 0.2) is 18.5 Å². The normalized spacial score (nSPS) is 21.6. The fraction of sp³-hybridized carbons (Fsp3) is 0.647. The molecule has 2 rings (SSSR count). The number of amides is 1. The lowest BCUT2D eigenvalue weighted by atomic mass is 9.84.